The summed E-state index contributed by atoms with van der Waals surface area (Å²) < 4.78 is 0. The van der Waals surface area contributed by atoms with Gasteiger partial charge in [-0.2, -0.15) is 12.1 Å². The van der Waals surface area contributed by atoms with Crippen LogP contribution < -0.4 is 0 Å². The molecule has 2 heteroatoms. The quantitative estimate of drug-likeness (QED) is 0.0650. The van der Waals surface area contributed by atoms with E-state index in [2.05, 4.69) is 256 Å². The van der Waals surface area contributed by atoms with Crippen molar-refractivity contribution >= 4 is 31.1 Å². The minimum Gasteiger partial charge on any atom is -0.164 e. The molecule has 0 aliphatic rings. The van der Waals surface area contributed by atoms with Crippen molar-refractivity contribution in [3.63, 3.8) is 0 Å². The summed E-state index contributed by atoms with van der Waals surface area (Å²) in [6.07, 6.45) is 9.96. The zero-order valence-corrected chi connectivity index (χ0v) is 51.0. The van der Waals surface area contributed by atoms with E-state index in [9.17, 15) is 0 Å². The second-order valence-corrected chi connectivity index (χ2v) is 25.4. The summed E-state index contributed by atoms with van der Waals surface area (Å²) in [5.74, 6) is 0. The molecular formula is C70H88SiZr. The maximum Gasteiger partial charge on any atom is 2.00 e. The molecule has 0 saturated carbocycles. The topological polar surface area (TPSA) is 0 Å². The van der Waals surface area contributed by atoms with Gasteiger partial charge in [-0.05, 0) is 67.9 Å². The van der Waals surface area contributed by atoms with E-state index in [4.69, 9.17) is 0 Å². The van der Waals surface area contributed by atoms with E-state index in [0.29, 0.717) is 0 Å². The van der Waals surface area contributed by atoms with Gasteiger partial charge in [-0.3, -0.25) is 0 Å². The first-order chi connectivity index (χ1) is 33.6. The predicted molar refractivity (Wildman–Crippen MR) is 320 cm³/mol. The molecule has 0 fully saturated rings. The van der Waals surface area contributed by atoms with Crippen molar-refractivity contribution in [3.8, 4) is 44.5 Å². The molecule has 0 aliphatic heterocycles. The van der Waals surface area contributed by atoms with Crippen molar-refractivity contribution in [3.05, 3.63) is 179 Å². The fourth-order valence-electron chi connectivity index (χ4n) is 9.77. The number of hydrogen-bond donors (Lipinski definition) is 0. The van der Waals surface area contributed by atoms with Crippen LogP contribution in [-0.2, 0) is 60.7 Å². The molecule has 0 spiro atoms. The molecule has 0 saturated heterocycles. The Bertz CT molecular complexity index is 2510. The first-order valence-electron chi connectivity index (χ1n) is 27.0. The normalized spacial score (nSPS) is 12.0. The zero-order chi connectivity index (χ0) is 51.7. The smallest absolute Gasteiger partial charge is 0.164 e. The van der Waals surface area contributed by atoms with Crippen LogP contribution in [0.25, 0.3) is 66.1 Å². The summed E-state index contributed by atoms with van der Waals surface area (Å²) in [6.45, 7) is 36.2. The van der Waals surface area contributed by atoms with Crippen molar-refractivity contribution < 1.29 is 26.2 Å². The van der Waals surface area contributed by atoms with Gasteiger partial charge in [0.05, 0.1) is 0 Å². The van der Waals surface area contributed by atoms with E-state index >= 15 is 0 Å². The summed E-state index contributed by atoms with van der Waals surface area (Å²) in [5, 5.41) is 5.53. The summed E-state index contributed by atoms with van der Waals surface area (Å²) in [4.78, 5) is 0. The Hall–Kier alpha value is -4.36. The molecule has 0 amide bonds. The number of benzene rings is 6. The van der Waals surface area contributed by atoms with E-state index in [-0.39, 0.29) is 47.9 Å². The van der Waals surface area contributed by atoms with Crippen LogP contribution in [0.3, 0.4) is 0 Å². The minimum absolute atomic E-state index is 0. The molecule has 8 aromatic carbocycles. The van der Waals surface area contributed by atoms with E-state index in [0.717, 1.165) is 22.4 Å². The number of rotatable bonds is 12. The third-order valence-electron chi connectivity index (χ3n) is 14.3. The Morgan fingerprint density at radius 1 is 0.347 bits per heavy atom. The molecule has 376 valence electrons. The molecule has 72 heavy (non-hydrogen) atoms. The molecule has 0 nitrogen and oxygen atoms in total. The average molecular weight is 1050 g/mol. The van der Waals surface area contributed by atoms with Gasteiger partial charge in [0.1, 0.15) is 0 Å². The second-order valence-electron chi connectivity index (χ2n) is 24.4. The fraction of sp³-hybridized carbons (Fsp3) is 0.400. The zero-order valence-electron chi connectivity index (χ0n) is 47.5. The van der Waals surface area contributed by atoms with Gasteiger partial charge in [-0.1, -0.05) is 303 Å². The Balaban J connectivity index is 0.000000250. The maximum absolute atomic E-state index is 2.45. The van der Waals surface area contributed by atoms with E-state index in [1.165, 1.54) is 138 Å². The van der Waals surface area contributed by atoms with Gasteiger partial charge in [0.2, 0.25) is 0 Å². The Morgan fingerprint density at radius 3 is 0.819 bits per heavy atom. The van der Waals surface area contributed by atoms with E-state index in [1.807, 2.05) is 0 Å². The van der Waals surface area contributed by atoms with Crippen molar-refractivity contribution in [1.29, 1.82) is 0 Å². The first kappa shape index (κ1) is 58.5. The van der Waals surface area contributed by atoms with Gasteiger partial charge < -0.3 is 0 Å². The molecule has 0 N–H and O–H groups in total. The molecule has 0 aromatic heterocycles. The number of hydrogen-bond acceptors (Lipinski definition) is 0. The monoisotopic (exact) mass is 1050 g/mol. The van der Waals surface area contributed by atoms with E-state index in [1.54, 1.807) is 0 Å². The molecule has 8 aromatic rings. The third kappa shape index (κ3) is 14.9. The predicted octanol–water partition coefficient (Wildman–Crippen LogP) is 21.2. The average Bonchev–Trinajstić information content (AvgIpc) is 3.96. The van der Waals surface area contributed by atoms with Gasteiger partial charge in [0, 0.05) is 9.52 Å². The third-order valence-corrected chi connectivity index (χ3v) is 14.3. The number of aryl methyl sites for hydroxylation is 2. The van der Waals surface area contributed by atoms with Crippen molar-refractivity contribution in [2.75, 3.05) is 0 Å². The fourth-order valence-corrected chi connectivity index (χ4v) is 9.77. The summed E-state index contributed by atoms with van der Waals surface area (Å²) in [6, 6.07) is 55.9. The van der Waals surface area contributed by atoms with Gasteiger partial charge in [-0.15, -0.1) is 44.8 Å². The number of fused-ring (bicyclic) bond motifs is 2. The van der Waals surface area contributed by atoms with Crippen LogP contribution in [0.5, 0.6) is 0 Å². The molecule has 0 bridgehead atoms. The first-order valence-corrected chi connectivity index (χ1v) is 29.0. The molecule has 0 heterocycles. The van der Waals surface area contributed by atoms with Crippen LogP contribution in [0, 0.1) is 0 Å². The van der Waals surface area contributed by atoms with Crippen LogP contribution in [0.1, 0.15) is 169 Å². The van der Waals surface area contributed by atoms with Gasteiger partial charge in [0.15, 0.2) is 0 Å². The van der Waals surface area contributed by atoms with Gasteiger partial charge in [0.25, 0.3) is 0 Å². The van der Waals surface area contributed by atoms with Crippen molar-refractivity contribution in [2.24, 2.45) is 0 Å². The standard InChI is InChI=1S/2C34H41.C2H6Si.Zr/c2*1-8-9-10-11-24-22-31-29(25-12-16-27(17-13-25)33(2,3)4)20-21-30(32(31)23-24)26-14-18-28(19-15-26)34(5,6)7;1-3-2;/h2*12-23H,8-11H2,1-7H3;1-2H3;/q2*-1;;+2. The van der Waals surface area contributed by atoms with Crippen LogP contribution in [0.4, 0.5) is 0 Å². The maximum atomic E-state index is 2.45. The second kappa shape index (κ2) is 25.2. The van der Waals surface area contributed by atoms with Crippen LogP contribution >= 0.6 is 0 Å². The van der Waals surface area contributed by atoms with Gasteiger partial charge >= 0.3 is 26.2 Å². The SMILES string of the molecule is CCCCCc1cc2c(-c3ccc(C(C)(C)C)cc3)ccc(-c3ccc(C(C)(C)C)cc3)c2[cH-]1.CCCCCc1cc2c(-c3ccc(C(C)(C)C)cc3)ccc(-c3ccc(C(C)(C)C)cc3)c2[cH-]1.C[Si]C.[Zr+2]. The Kier molecular flexibility index (Phi) is 20.5. The summed E-state index contributed by atoms with van der Waals surface area (Å²) >= 11 is 0. The summed E-state index contributed by atoms with van der Waals surface area (Å²) in [7, 11) is 1.08. The van der Waals surface area contributed by atoms with Crippen LogP contribution in [-0.4, -0.2) is 9.52 Å². The molecule has 8 rings (SSSR count). The molecule has 0 atom stereocenters. The number of unbranched alkanes of at least 4 members (excludes halogenated alkanes) is 4. The van der Waals surface area contributed by atoms with Crippen molar-refractivity contribution in [2.45, 2.75) is 183 Å². The molecular weight excluding hydrogens is 960 g/mol. The Morgan fingerprint density at radius 2 is 0.583 bits per heavy atom. The largest absolute Gasteiger partial charge is 2.00 e. The molecule has 0 unspecified atom stereocenters. The van der Waals surface area contributed by atoms with E-state index < -0.39 is 0 Å². The van der Waals surface area contributed by atoms with Crippen LogP contribution in [0.15, 0.2) is 146 Å². The van der Waals surface area contributed by atoms with Gasteiger partial charge in [-0.25, -0.2) is 0 Å². The molecule has 2 radical (unpaired) electrons. The molecule has 0 aliphatic carbocycles. The minimum atomic E-state index is 0. The van der Waals surface area contributed by atoms with Crippen molar-refractivity contribution in [1.82, 2.24) is 0 Å². The summed E-state index contributed by atoms with van der Waals surface area (Å²) in [5.41, 5.74) is 19.7. The Labute approximate surface area is 460 Å². The van der Waals surface area contributed by atoms with Crippen LogP contribution in [0.2, 0.25) is 13.1 Å².